The number of nitrogens with two attached hydrogens (primary N) is 1. The smallest absolute Gasteiger partial charge is 0.433 e. The molecule has 2 heterocycles. The zero-order valence-electron chi connectivity index (χ0n) is 13.8. The molecule has 0 aliphatic carbocycles. The summed E-state index contributed by atoms with van der Waals surface area (Å²) < 4.78 is 16.2. The number of aliphatic hydroxyl groups is 2. The van der Waals surface area contributed by atoms with Crippen LogP contribution in [0.2, 0.25) is 0 Å². The van der Waals surface area contributed by atoms with E-state index in [1.165, 1.54) is 0 Å². The summed E-state index contributed by atoms with van der Waals surface area (Å²) in [4.78, 5) is 28.0. The average molecular weight is 359 g/mol. The van der Waals surface area contributed by atoms with Crippen molar-refractivity contribution in [1.82, 2.24) is 19.7 Å². The van der Waals surface area contributed by atoms with Crippen LogP contribution in [-0.2, 0) is 14.2 Å². The summed E-state index contributed by atoms with van der Waals surface area (Å²) in [5.74, 6) is -1.10. The lowest BCUT2D eigenvalue weighted by atomic mass is 10.1. The number of carbonyl (C=O) groups excluding carboxylic acids is 2. The van der Waals surface area contributed by atoms with E-state index in [2.05, 4.69) is 10.1 Å². The number of rotatable bonds is 7. The highest BCUT2D eigenvalue weighted by Gasteiger charge is 2.45. The van der Waals surface area contributed by atoms with Gasteiger partial charge in [0.2, 0.25) is 5.82 Å². The minimum atomic E-state index is -1.36. The van der Waals surface area contributed by atoms with E-state index in [1.807, 2.05) is 19.0 Å². The molecule has 4 atom stereocenters. The average Bonchev–Trinajstić information content (AvgIpc) is 3.12. The largest absolute Gasteiger partial charge is 0.508 e. The highest BCUT2D eigenvalue weighted by Crippen LogP contribution is 2.28. The Morgan fingerprint density at radius 2 is 2.08 bits per heavy atom. The quantitative estimate of drug-likeness (QED) is 0.452. The molecule has 2 rings (SSSR count). The van der Waals surface area contributed by atoms with Crippen LogP contribution in [0.15, 0.2) is 6.33 Å². The second-order valence-electron chi connectivity index (χ2n) is 5.67. The summed E-state index contributed by atoms with van der Waals surface area (Å²) in [5.41, 5.74) is 5.05. The minimum Gasteiger partial charge on any atom is -0.433 e. The Labute approximate surface area is 143 Å². The molecule has 1 fully saturated rings. The zero-order chi connectivity index (χ0) is 18.6. The number of aliphatic hydroxyl groups excluding tert-OH is 2. The number of hydrogen-bond acceptors (Lipinski definition) is 10. The molecule has 1 aromatic rings. The Balaban J connectivity index is 1.86. The standard InChI is InChI=1S/C13H21N5O7/c1-17(2)3-4-23-13(22)24-5-7-8(19)9(20)12(25-7)18-6-15-11(16-18)10(14)21/h6-9,12,19-20H,3-5H2,1-2H3,(H2,14,21). The Bertz CT molecular complexity index is 607. The first kappa shape index (κ1) is 19.1. The van der Waals surface area contributed by atoms with E-state index in [0.717, 1.165) is 11.0 Å². The van der Waals surface area contributed by atoms with Gasteiger partial charge in [-0.3, -0.25) is 4.79 Å². The minimum absolute atomic E-state index is 0.153. The van der Waals surface area contributed by atoms with Crippen LogP contribution in [0.5, 0.6) is 0 Å². The third-order valence-electron chi connectivity index (χ3n) is 3.45. The Morgan fingerprint density at radius 1 is 1.36 bits per heavy atom. The molecule has 1 saturated heterocycles. The van der Waals surface area contributed by atoms with Crippen LogP contribution < -0.4 is 5.73 Å². The molecule has 0 radical (unpaired) electrons. The first-order valence-corrected chi connectivity index (χ1v) is 7.46. The second-order valence-corrected chi connectivity index (χ2v) is 5.67. The van der Waals surface area contributed by atoms with Crippen molar-refractivity contribution in [1.29, 1.82) is 0 Å². The number of carbonyl (C=O) groups is 2. The molecule has 1 aliphatic heterocycles. The van der Waals surface area contributed by atoms with E-state index in [9.17, 15) is 19.8 Å². The number of hydrogen-bond donors (Lipinski definition) is 3. The maximum Gasteiger partial charge on any atom is 0.508 e. The molecule has 4 N–H and O–H groups in total. The Morgan fingerprint density at radius 3 is 2.68 bits per heavy atom. The van der Waals surface area contributed by atoms with Crippen molar-refractivity contribution in [2.45, 2.75) is 24.5 Å². The van der Waals surface area contributed by atoms with Gasteiger partial charge in [-0.2, -0.15) is 0 Å². The number of nitrogens with zero attached hydrogens (tertiary/aromatic N) is 4. The number of aromatic nitrogens is 3. The third-order valence-corrected chi connectivity index (χ3v) is 3.45. The molecular weight excluding hydrogens is 338 g/mol. The summed E-state index contributed by atoms with van der Waals surface area (Å²) in [6, 6.07) is 0. The van der Waals surface area contributed by atoms with Crippen molar-refractivity contribution in [2.24, 2.45) is 5.73 Å². The van der Waals surface area contributed by atoms with Gasteiger partial charge < -0.3 is 35.1 Å². The molecule has 0 spiro atoms. The number of likely N-dealkylation sites (N-methyl/N-ethyl adjacent to an activating group) is 1. The molecular formula is C13H21N5O7. The lowest BCUT2D eigenvalue weighted by Gasteiger charge is -2.15. The van der Waals surface area contributed by atoms with Crippen molar-refractivity contribution in [3.05, 3.63) is 12.2 Å². The fourth-order valence-electron chi connectivity index (χ4n) is 2.10. The molecule has 0 bridgehead atoms. The molecule has 12 heteroatoms. The highest BCUT2D eigenvalue weighted by atomic mass is 16.7. The highest BCUT2D eigenvalue weighted by molar-refractivity contribution is 5.88. The van der Waals surface area contributed by atoms with Gasteiger partial charge in [-0.15, -0.1) is 5.10 Å². The maximum atomic E-state index is 11.5. The van der Waals surface area contributed by atoms with Crippen molar-refractivity contribution in [2.75, 3.05) is 33.9 Å². The fourth-order valence-corrected chi connectivity index (χ4v) is 2.10. The topological polar surface area (TPSA) is 162 Å². The molecule has 4 unspecified atom stereocenters. The number of primary amides is 1. The van der Waals surface area contributed by atoms with Gasteiger partial charge in [-0.1, -0.05) is 0 Å². The molecule has 1 aromatic heterocycles. The van der Waals surface area contributed by atoms with E-state index >= 15 is 0 Å². The lowest BCUT2D eigenvalue weighted by molar-refractivity contribution is -0.0674. The van der Waals surface area contributed by atoms with Crippen molar-refractivity contribution >= 4 is 12.1 Å². The first-order valence-electron chi connectivity index (χ1n) is 7.46. The van der Waals surface area contributed by atoms with Crippen LogP contribution in [0, 0.1) is 0 Å². The first-order chi connectivity index (χ1) is 11.8. The lowest BCUT2D eigenvalue weighted by Crippen LogP contribution is -2.34. The number of ether oxygens (including phenoxy) is 3. The predicted octanol–water partition coefficient (Wildman–Crippen LogP) is -2.29. The fraction of sp³-hybridized carbons (Fsp3) is 0.692. The summed E-state index contributed by atoms with van der Waals surface area (Å²) in [5, 5.41) is 23.8. The molecule has 12 nitrogen and oxygen atoms in total. The van der Waals surface area contributed by atoms with E-state index in [1.54, 1.807) is 0 Å². The van der Waals surface area contributed by atoms with Crippen LogP contribution in [0.1, 0.15) is 16.8 Å². The normalized spacial score (nSPS) is 26.0. The van der Waals surface area contributed by atoms with Gasteiger partial charge in [0, 0.05) is 6.54 Å². The van der Waals surface area contributed by atoms with Gasteiger partial charge in [0.05, 0.1) is 0 Å². The second kappa shape index (κ2) is 8.20. The van der Waals surface area contributed by atoms with Gasteiger partial charge in [-0.05, 0) is 14.1 Å². The van der Waals surface area contributed by atoms with Crippen molar-refractivity contribution in [3.8, 4) is 0 Å². The summed E-state index contributed by atoms with van der Waals surface area (Å²) in [6.45, 7) is 0.361. The maximum absolute atomic E-state index is 11.5. The van der Waals surface area contributed by atoms with Gasteiger partial charge in [0.15, 0.2) is 6.23 Å². The molecule has 1 amide bonds. The van der Waals surface area contributed by atoms with Crippen LogP contribution in [0.3, 0.4) is 0 Å². The molecule has 0 saturated carbocycles. The van der Waals surface area contributed by atoms with Gasteiger partial charge in [0.1, 0.15) is 37.9 Å². The van der Waals surface area contributed by atoms with Crippen molar-refractivity contribution in [3.63, 3.8) is 0 Å². The van der Waals surface area contributed by atoms with Crippen LogP contribution in [0.4, 0.5) is 4.79 Å². The van der Waals surface area contributed by atoms with E-state index in [-0.39, 0.29) is 19.0 Å². The van der Waals surface area contributed by atoms with Gasteiger partial charge in [-0.25, -0.2) is 14.5 Å². The van der Waals surface area contributed by atoms with Gasteiger partial charge >= 0.3 is 6.16 Å². The molecule has 0 aromatic carbocycles. The monoisotopic (exact) mass is 359 g/mol. The predicted molar refractivity (Wildman–Crippen MR) is 80.3 cm³/mol. The van der Waals surface area contributed by atoms with Gasteiger partial charge in [0.25, 0.3) is 5.91 Å². The van der Waals surface area contributed by atoms with E-state index in [0.29, 0.717) is 6.54 Å². The van der Waals surface area contributed by atoms with E-state index < -0.39 is 36.6 Å². The SMILES string of the molecule is CN(C)CCOC(=O)OCC1OC(n2cnc(C(N)=O)n2)C(O)C1O. The van der Waals surface area contributed by atoms with Crippen molar-refractivity contribution < 1.29 is 34.0 Å². The zero-order valence-corrected chi connectivity index (χ0v) is 13.8. The molecule has 1 aliphatic rings. The summed E-state index contributed by atoms with van der Waals surface area (Å²) >= 11 is 0. The third kappa shape index (κ3) is 4.85. The van der Waals surface area contributed by atoms with Crippen LogP contribution in [0.25, 0.3) is 0 Å². The van der Waals surface area contributed by atoms with E-state index in [4.69, 9.17) is 19.9 Å². The van der Waals surface area contributed by atoms with Crippen LogP contribution in [-0.4, -0.2) is 94.1 Å². The number of amides is 1. The van der Waals surface area contributed by atoms with Crippen LogP contribution >= 0.6 is 0 Å². The Hall–Kier alpha value is -2.28. The Kier molecular flexibility index (Phi) is 6.25. The molecule has 140 valence electrons. The summed E-state index contributed by atoms with van der Waals surface area (Å²) in [7, 11) is 3.65. The summed E-state index contributed by atoms with van der Waals surface area (Å²) in [6.07, 6.45) is -4.56. The molecule has 25 heavy (non-hydrogen) atoms.